The van der Waals surface area contributed by atoms with E-state index in [1.165, 1.54) is 0 Å². The van der Waals surface area contributed by atoms with Gasteiger partial charge >= 0.3 is 0 Å². The van der Waals surface area contributed by atoms with Gasteiger partial charge < -0.3 is 9.47 Å². The SMILES string of the molecule is COc1cccc2c1C(CC(=O)c1ccccc1)(OC)C=N2. The average Bonchev–Trinajstić information content (AvgIpc) is 2.95. The first-order valence-corrected chi connectivity index (χ1v) is 7.06. The maximum absolute atomic E-state index is 12.6. The molecule has 3 rings (SSSR count). The predicted molar refractivity (Wildman–Crippen MR) is 85.2 cm³/mol. The van der Waals surface area contributed by atoms with E-state index in [2.05, 4.69) is 4.99 Å². The number of benzene rings is 2. The molecule has 0 bridgehead atoms. The summed E-state index contributed by atoms with van der Waals surface area (Å²) in [7, 11) is 3.19. The molecule has 0 aromatic heterocycles. The molecule has 0 N–H and O–H groups in total. The molecule has 1 heterocycles. The van der Waals surface area contributed by atoms with Crippen LogP contribution in [-0.4, -0.2) is 26.2 Å². The summed E-state index contributed by atoms with van der Waals surface area (Å²) in [6.07, 6.45) is 1.88. The van der Waals surface area contributed by atoms with E-state index in [0.717, 1.165) is 11.3 Å². The molecule has 1 aliphatic heterocycles. The van der Waals surface area contributed by atoms with Crippen LogP contribution in [0.25, 0.3) is 0 Å². The van der Waals surface area contributed by atoms with Crippen LogP contribution in [0, 0.1) is 0 Å². The second-order valence-electron chi connectivity index (χ2n) is 5.17. The van der Waals surface area contributed by atoms with Crippen molar-refractivity contribution in [3.63, 3.8) is 0 Å². The van der Waals surface area contributed by atoms with Crippen LogP contribution in [0.3, 0.4) is 0 Å². The Morgan fingerprint density at radius 3 is 2.55 bits per heavy atom. The van der Waals surface area contributed by atoms with Gasteiger partial charge in [-0.2, -0.15) is 0 Å². The number of carbonyl (C=O) groups is 1. The number of rotatable bonds is 5. The standard InChI is InChI=1S/C18H17NO3/c1-21-16-10-6-9-14-17(16)18(22-2,12-19-14)11-15(20)13-7-4-3-5-8-13/h3-10,12H,11H2,1-2H3. The highest BCUT2D eigenvalue weighted by Crippen LogP contribution is 2.45. The third-order valence-electron chi connectivity index (χ3n) is 3.94. The highest BCUT2D eigenvalue weighted by molar-refractivity contribution is 6.00. The highest BCUT2D eigenvalue weighted by Gasteiger charge is 2.41. The van der Waals surface area contributed by atoms with Crippen molar-refractivity contribution >= 4 is 17.7 Å². The largest absolute Gasteiger partial charge is 0.496 e. The molecule has 0 saturated heterocycles. The van der Waals surface area contributed by atoms with Crippen LogP contribution in [-0.2, 0) is 10.3 Å². The summed E-state index contributed by atoms with van der Waals surface area (Å²) in [6.45, 7) is 0. The summed E-state index contributed by atoms with van der Waals surface area (Å²) < 4.78 is 11.1. The van der Waals surface area contributed by atoms with Crippen molar-refractivity contribution in [1.29, 1.82) is 0 Å². The molecule has 0 spiro atoms. The number of aliphatic imine (C=N–C) groups is 1. The summed E-state index contributed by atoms with van der Waals surface area (Å²) >= 11 is 0. The monoisotopic (exact) mass is 295 g/mol. The normalized spacial score (nSPS) is 19.0. The zero-order valence-electron chi connectivity index (χ0n) is 12.6. The van der Waals surface area contributed by atoms with Crippen LogP contribution in [0.4, 0.5) is 5.69 Å². The number of carbonyl (C=O) groups excluding carboxylic acids is 1. The Balaban J connectivity index is 2.00. The van der Waals surface area contributed by atoms with E-state index < -0.39 is 5.60 Å². The summed E-state index contributed by atoms with van der Waals surface area (Å²) in [5.41, 5.74) is 1.37. The molecule has 1 unspecified atom stereocenters. The lowest BCUT2D eigenvalue weighted by molar-refractivity contribution is 0.0417. The Labute approximate surface area is 129 Å². The minimum atomic E-state index is -0.880. The van der Waals surface area contributed by atoms with Crippen molar-refractivity contribution in [3.8, 4) is 5.75 Å². The fraction of sp³-hybridized carbons (Fsp3) is 0.222. The molecule has 0 radical (unpaired) electrons. The van der Waals surface area contributed by atoms with Crippen LogP contribution < -0.4 is 4.74 Å². The number of ketones is 1. The van der Waals surface area contributed by atoms with E-state index in [4.69, 9.17) is 9.47 Å². The van der Waals surface area contributed by atoms with Gasteiger partial charge in [0.1, 0.15) is 11.4 Å². The van der Waals surface area contributed by atoms with Crippen molar-refractivity contribution < 1.29 is 14.3 Å². The third-order valence-corrected chi connectivity index (χ3v) is 3.94. The van der Waals surface area contributed by atoms with Crippen molar-refractivity contribution in [2.75, 3.05) is 14.2 Å². The van der Waals surface area contributed by atoms with Gasteiger partial charge in [0.25, 0.3) is 0 Å². The van der Waals surface area contributed by atoms with Gasteiger partial charge in [0, 0.05) is 25.3 Å². The van der Waals surface area contributed by atoms with E-state index in [9.17, 15) is 4.79 Å². The van der Waals surface area contributed by atoms with Gasteiger partial charge in [-0.25, -0.2) is 0 Å². The Bertz CT molecular complexity index is 724. The molecule has 0 aliphatic carbocycles. The lowest BCUT2D eigenvalue weighted by Crippen LogP contribution is -2.31. The number of ether oxygens (including phenoxy) is 2. The second kappa shape index (κ2) is 5.73. The van der Waals surface area contributed by atoms with E-state index in [-0.39, 0.29) is 12.2 Å². The van der Waals surface area contributed by atoms with Crippen molar-refractivity contribution in [2.24, 2.45) is 4.99 Å². The van der Waals surface area contributed by atoms with Crippen LogP contribution in [0.5, 0.6) is 5.75 Å². The number of nitrogens with zero attached hydrogens (tertiary/aromatic N) is 1. The molecule has 2 aromatic rings. The number of hydrogen-bond donors (Lipinski definition) is 0. The lowest BCUT2D eigenvalue weighted by atomic mass is 9.88. The minimum Gasteiger partial charge on any atom is -0.496 e. The molecule has 4 heteroatoms. The Morgan fingerprint density at radius 2 is 1.86 bits per heavy atom. The number of hydrogen-bond acceptors (Lipinski definition) is 4. The van der Waals surface area contributed by atoms with Crippen molar-refractivity contribution in [2.45, 2.75) is 12.0 Å². The van der Waals surface area contributed by atoms with Crippen molar-refractivity contribution in [3.05, 3.63) is 59.7 Å². The summed E-state index contributed by atoms with van der Waals surface area (Å²) in [5.74, 6) is 0.686. The van der Waals surface area contributed by atoms with Gasteiger partial charge in [-0.05, 0) is 12.1 Å². The maximum Gasteiger partial charge on any atom is 0.166 e. The second-order valence-corrected chi connectivity index (χ2v) is 5.17. The highest BCUT2D eigenvalue weighted by atomic mass is 16.5. The van der Waals surface area contributed by atoms with Crippen LogP contribution in [0.15, 0.2) is 53.5 Å². The molecular formula is C18H17NO3. The zero-order valence-corrected chi connectivity index (χ0v) is 12.6. The summed E-state index contributed by atoms with van der Waals surface area (Å²) in [6, 6.07) is 14.8. The van der Waals surface area contributed by atoms with Crippen LogP contribution in [0.2, 0.25) is 0 Å². The van der Waals surface area contributed by atoms with Gasteiger partial charge in [0.05, 0.1) is 18.4 Å². The van der Waals surface area contributed by atoms with Crippen LogP contribution >= 0.6 is 0 Å². The molecule has 1 aliphatic rings. The van der Waals surface area contributed by atoms with Crippen LogP contribution in [0.1, 0.15) is 22.3 Å². The average molecular weight is 295 g/mol. The first-order chi connectivity index (χ1) is 10.7. The molecule has 1 atom stereocenters. The molecule has 0 amide bonds. The molecule has 112 valence electrons. The van der Waals surface area contributed by atoms with E-state index in [1.54, 1.807) is 32.6 Å². The summed E-state index contributed by atoms with van der Waals surface area (Å²) in [4.78, 5) is 17.0. The molecule has 2 aromatic carbocycles. The fourth-order valence-corrected chi connectivity index (χ4v) is 2.79. The molecule has 0 fully saturated rings. The lowest BCUT2D eigenvalue weighted by Gasteiger charge is -2.27. The van der Waals surface area contributed by atoms with Gasteiger partial charge in [-0.3, -0.25) is 9.79 Å². The predicted octanol–water partition coefficient (Wildman–Crippen LogP) is 3.53. The Morgan fingerprint density at radius 1 is 1.09 bits per heavy atom. The molecule has 22 heavy (non-hydrogen) atoms. The van der Waals surface area contributed by atoms with Gasteiger partial charge in [-0.15, -0.1) is 0 Å². The van der Waals surface area contributed by atoms with Gasteiger partial charge in [-0.1, -0.05) is 36.4 Å². The Kier molecular flexibility index (Phi) is 3.77. The first-order valence-electron chi connectivity index (χ1n) is 7.06. The topological polar surface area (TPSA) is 47.9 Å². The van der Waals surface area contributed by atoms with Gasteiger partial charge in [0.2, 0.25) is 0 Å². The van der Waals surface area contributed by atoms with E-state index >= 15 is 0 Å². The third kappa shape index (κ3) is 2.31. The fourth-order valence-electron chi connectivity index (χ4n) is 2.79. The number of fused-ring (bicyclic) bond motifs is 1. The number of Topliss-reactive ketones (excluding diaryl/α,β-unsaturated/α-hetero) is 1. The summed E-state index contributed by atoms with van der Waals surface area (Å²) in [5, 5.41) is 0. The molecule has 0 saturated carbocycles. The number of methoxy groups -OCH3 is 2. The zero-order chi connectivity index (χ0) is 15.6. The maximum atomic E-state index is 12.6. The van der Waals surface area contributed by atoms with E-state index in [1.807, 2.05) is 36.4 Å². The first kappa shape index (κ1) is 14.5. The van der Waals surface area contributed by atoms with E-state index in [0.29, 0.717) is 11.3 Å². The molecular weight excluding hydrogens is 278 g/mol. The quantitative estimate of drug-likeness (QED) is 0.793. The smallest absolute Gasteiger partial charge is 0.166 e. The van der Waals surface area contributed by atoms with Crippen molar-refractivity contribution in [1.82, 2.24) is 0 Å². The minimum absolute atomic E-state index is 0.00709. The van der Waals surface area contributed by atoms with Gasteiger partial charge in [0.15, 0.2) is 5.78 Å². The Hall–Kier alpha value is -2.46. The molecule has 4 nitrogen and oxygen atoms in total.